The fraction of sp³-hybridized carbons (Fsp3) is 0.364. The Hall–Kier alpha value is -1.49. The van der Waals surface area contributed by atoms with Crippen LogP contribution in [0.2, 0.25) is 0 Å². The molecule has 1 amide bonds. The molecule has 1 rings (SSSR count). The molecule has 1 N–H and O–H groups in total. The van der Waals surface area contributed by atoms with Gasteiger partial charge in [0.05, 0.1) is 6.61 Å². The summed E-state index contributed by atoms with van der Waals surface area (Å²) in [5.74, 6) is -2.46. The first-order chi connectivity index (χ1) is 7.60. The topological polar surface area (TPSA) is 40.5 Å². The summed E-state index contributed by atoms with van der Waals surface area (Å²) in [7, 11) is 0. The molecule has 3 nitrogen and oxygen atoms in total. The number of aliphatic hydroxyl groups is 1. The van der Waals surface area contributed by atoms with E-state index in [1.165, 1.54) is 11.0 Å². The van der Waals surface area contributed by atoms with Crippen LogP contribution in [0.3, 0.4) is 0 Å². The molecule has 0 aliphatic carbocycles. The van der Waals surface area contributed by atoms with Crippen LogP contribution in [0, 0.1) is 11.6 Å². The molecule has 0 bridgehead atoms. The molecule has 0 aromatic heterocycles. The van der Waals surface area contributed by atoms with Crippen molar-refractivity contribution in [2.75, 3.05) is 19.7 Å². The predicted molar refractivity (Wildman–Crippen MR) is 55.0 cm³/mol. The van der Waals surface area contributed by atoms with Gasteiger partial charge in [-0.25, -0.2) is 8.78 Å². The van der Waals surface area contributed by atoms with Gasteiger partial charge in [0.25, 0.3) is 5.91 Å². The maximum absolute atomic E-state index is 12.9. The van der Waals surface area contributed by atoms with Crippen LogP contribution in [0.1, 0.15) is 17.3 Å². The van der Waals surface area contributed by atoms with Crippen LogP contribution in [-0.4, -0.2) is 35.6 Å². The van der Waals surface area contributed by atoms with Gasteiger partial charge < -0.3 is 10.0 Å². The molecule has 0 heterocycles. The van der Waals surface area contributed by atoms with Crippen molar-refractivity contribution in [3.05, 3.63) is 35.4 Å². The van der Waals surface area contributed by atoms with E-state index in [1.807, 2.05) is 0 Å². The number of amides is 1. The molecule has 1 aromatic carbocycles. The van der Waals surface area contributed by atoms with Crippen molar-refractivity contribution in [3.63, 3.8) is 0 Å². The van der Waals surface area contributed by atoms with Crippen LogP contribution >= 0.6 is 0 Å². The lowest BCUT2D eigenvalue weighted by molar-refractivity contribution is 0.0731. The van der Waals surface area contributed by atoms with Crippen molar-refractivity contribution in [1.29, 1.82) is 0 Å². The average molecular weight is 229 g/mol. The van der Waals surface area contributed by atoms with Gasteiger partial charge in [0.15, 0.2) is 11.6 Å². The standard InChI is InChI=1S/C11H13F2NO2/c1-2-14(5-6-15)11(16)8-3-4-9(12)10(13)7-8/h3-4,7,15H,2,5-6H2,1H3. The van der Waals surface area contributed by atoms with Gasteiger partial charge in [0.1, 0.15) is 0 Å². The van der Waals surface area contributed by atoms with Crippen molar-refractivity contribution in [1.82, 2.24) is 4.90 Å². The van der Waals surface area contributed by atoms with Crippen LogP contribution in [0.5, 0.6) is 0 Å². The molecule has 0 atom stereocenters. The largest absolute Gasteiger partial charge is 0.395 e. The number of hydrogen-bond donors (Lipinski definition) is 1. The zero-order chi connectivity index (χ0) is 12.1. The SMILES string of the molecule is CCN(CCO)C(=O)c1ccc(F)c(F)c1. The van der Waals surface area contributed by atoms with E-state index in [9.17, 15) is 13.6 Å². The summed E-state index contributed by atoms with van der Waals surface area (Å²) in [6, 6.07) is 2.99. The molecule has 0 spiro atoms. The number of carbonyl (C=O) groups is 1. The summed E-state index contributed by atoms with van der Waals surface area (Å²) in [4.78, 5) is 13.1. The summed E-state index contributed by atoms with van der Waals surface area (Å²) >= 11 is 0. The molecule has 88 valence electrons. The lowest BCUT2D eigenvalue weighted by atomic mass is 10.2. The monoisotopic (exact) mass is 229 g/mol. The number of carbonyl (C=O) groups excluding carboxylic acids is 1. The second-order valence-corrected chi connectivity index (χ2v) is 3.24. The fourth-order valence-corrected chi connectivity index (χ4v) is 1.34. The molecular formula is C11H13F2NO2. The number of halogens is 2. The van der Waals surface area contributed by atoms with Crippen LogP contribution in [0.4, 0.5) is 8.78 Å². The minimum atomic E-state index is -1.05. The maximum Gasteiger partial charge on any atom is 0.254 e. The lowest BCUT2D eigenvalue weighted by Gasteiger charge is -2.19. The Bertz CT molecular complexity index is 382. The summed E-state index contributed by atoms with van der Waals surface area (Å²) < 4.78 is 25.6. The number of benzene rings is 1. The highest BCUT2D eigenvalue weighted by atomic mass is 19.2. The number of likely N-dealkylation sites (N-methyl/N-ethyl adjacent to an activating group) is 1. The van der Waals surface area contributed by atoms with Crippen molar-refractivity contribution < 1.29 is 18.7 Å². The average Bonchev–Trinajstić information content (AvgIpc) is 2.28. The number of hydrogen-bond acceptors (Lipinski definition) is 2. The van der Waals surface area contributed by atoms with E-state index in [2.05, 4.69) is 0 Å². The predicted octanol–water partition coefficient (Wildman–Crippen LogP) is 1.42. The Kier molecular flexibility index (Phi) is 4.37. The molecule has 0 fully saturated rings. The summed E-state index contributed by atoms with van der Waals surface area (Å²) in [5.41, 5.74) is 0.0780. The fourth-order valence-electron chi connectivity index (χ4n) is 1.34. The third-order valence-corrected chi connectivity index (χ3v) is 2.21. The van der Waals surface area contributed by atoms with E-state index < -0.39 is 17.5 Å². The van der Waals surface area contributed by atoms with Crippen molar-refractivity contribution >= 4 is 5.91 Å². The van der Waals surface area contributed by atoms with Gasteiger partial charge in [-0.1, -0.05) is 0 Å². The third-order valence-electron chi connectivity index (χ3n) is 2.21. The normalized spacial score (nSPS) is 10.2. The van der Waals surface area contributed by atoms with Crippen molar-refractivity contribution in [2.45, 2.75) is 6.92 Å². The minimum Gasteiger partial charge on any atom is -0.395 e. The smallest absolute Gasteiger partial charge is 0.254 e. The summed E-state index contributed by atoms with van der Waals surface area (Å²) in [6.45, 7) is 2.16. The molecule has 5 heteroatoms. The van der Waals surface area contributed by atoms with Gasteiger partial charge in [0, 0.05) is 18.7 Å². The summed E-state index contributed by atoms with van der Waals surface area (Å²) in [5, 5.41) is 8.73. The van der Waals surface area contributed by atoms with Crippen LogP contribution in [0.25, 0.3) is 0 Å². The highest BCUT2D eigenvalue weighted by Crippen LogP contribution is 2.10. The lowest BCUT2D eigenvalue weighted by Crippen LogP contribution is -2.33. The number of aliphatic hydroxyl groups excluding tert-OH is 1. The highest BCUT2D eigenvalue weighted by molar-refractivity contribution is 5.94. The molecule has 0 unspecified atom stereocenters. The first kappa shape index (κ1) is 12.6. The van der Waals surface area contributed by atoms with Gasteiger partial charge >= 0.3 is 0 Å². The van der Waals surface area contributed by atoms with Crippen LogP contribution < -0.4 is 0 Å². The van der Waals surface area contributed by atoms with E-state index in [-0.39, 0.29) is 18.7 Å². The van der Waals surface area contributed by atoms with E-state index >= 15 is 0 Å². The minimum absolute atomic E-state index is 0.0780. The van der Waals surface area contributed by atoms with Gasteiger partial charge in [-0.05, 0) is 25.1 Å². The number of rotatable bonds is 4. The quantitative estimate of drug-likeness (QED) is 0.848. The van der Waals surface area contributed by atoms with E-state index in [0.717, 1.165) is 12.1 Å². The Morgan fingerprint density at radius 3 is 2.56 bits per heavy atom. The second kappa shape index (κ2) is 5.55. The molecule has 0 saturated heterocycles. The van der Waals surface area contributed by atoms with Crippen molar-refractivity contribution in [2.24, 2.45) is 0 Å². The van der Waals surface area contributed by atoms with Crippen LogP contribution in [0.15, 0.2) is 18.2 Å². The maximum atomic E-state index is 12.9. The van der Waals surface area contributed by atoms with E-state index in [4.69, 9.17) is 5.11 Å². The Balaban J connectivity index is 2.90. The highest BCUT2D eigenvalue weighted by Gasteiger charge is 2.15. The Labute approximate surface area is 92.3 Å². The van der Waals surface area contributed by atoms with Gasteiger partial charge in [-0.3, -0.25) is 4.79 Å². The Morgan fingerprint density at radius 2 is 2.06 bits per heavy atom. The van der Waals surface area contributed by atoms with E-state index in [0.29, 0.717) is 6.54 Å². The molecule has 0 saturated carbocycles. The molecule has 16 heavy (non-hydrogen) atoms. The molecule has 1 aromatic rings. The zero-order valence-corrected chi connectivity index (χ0v) is 8.91. The van der Waals surface area contributed by atoms with Gasteiger partial charge in [0.2, 0.25) is 0 Å². The first-order valence-corrected chi connectivity index (χ1v) is 4.95. The van der Waals surface area contributed by atoms with Gasteiger partial charge in [-0.15, -0.1) is 0 Å². The third kappa shape index (κ3) is 2.76. The molecule has 0 aliphatic rings. The Morgan fingerprint density at radius 1 is 1.38 bits per heavy atom. The zero-order valence-electron chi connectivity index (χ0n) is 8.91. The molecular weight excluding hydrogens is 216 g/mol. The number of nitrogens with zero attached hydrogens (tertiary/aromatic N) is 1. The summed E-state index contributed by atoms with van der Waals surface area (Å²) in [6.07, 6.45) is 0. The first-order valence-electron chi connectivity index (χ1n) is 4.95. The van der Waals surface area contributed by atoms with Crippen molar-refractivity contribution in [3.8, 4) is 0 Å². The van der Waals surface area contributed by atoms with E-state index in [1.54, 1.807) is 6.92 Å². The van der Waals surface area contributed by atoms with Gasteiger partial charge in [-0.2, -0.15) is 0 Å². The second-order valence-electron chi connectivity index (χ2n) is 3.24. The van der Waals surface area contributed by atoms with Crippen LogP contribution in [-0.2, 0) is 0 Å². The molecule has 0 aliphatic heterocycles. The molecule has 0 radical (unpaired) electrons.